The van der Waals surface area contributed by atoms with Crippen molar-refractivity contribution in [3.63, 3.8) is 0 Å². The van der Waals surface area contributed by atoms with Crippen LogP contribution in [0.5, 0.6) is 0 Å². The zero-order valence-corrected chi connectivity index (χ0v) is 11.5. The fourth-order valence-electron chi connectivity index (χ4n) is 2.18. The quantitative estimate of drug-likeness (QED) is 0.725. The average Bonchev–Trinajstić information content (AvgIpc) is 2.69. The normalized spacial score (nSPS) is 22.9. The molecule has 0 aliphatic carbocycles. The Morgan fingerprint density at radius 2 is 2.00 bits per heavy atom. The highest BCUT2D eigenvalue weighted by Gasteiger charge is 2.36. The van der Waals surface area contributed by atoms with Crippen LogP contribution in [-0.2, 0) is 19.1 Å². The van der Waals surface area contributed by atoms with E-state index in [1.807, 2.05) is 11.8 Å². The van der Waals surface area contributed by atoms with Gasteiger partial charge in [0.15, 0.2) is 0 Å². The van der Waals surface area contributed by atoms with Gasteiger partial charge >= 0.3 is 12.1 Å². The molecule has 0 radical (unpaired) electrons. The van der Waals surface area contributed by atoms with Gasteiger partial charge in [0.05, 0.1) is 26.2 Å². The lowest BCUT2D eigenvalue weighted by molar-refractivity contribution is -0.146. The van der Waals surface area contributed by atoms with Gasteiger partial charge in [0, 0.05) is 13.1 Å². The minimum atomic E-state index is -0.746. The third-order valence-corrected chi connectivity index (χ3v) is 3.08. The Kier molecular flexibility index (Phi) is 5.75. The highest BCUT2D eigenvalue weighted by molar-refractivity contribution is 5.92. The van der Waals surface area contributed by atoms with Crippen LogP contribution in [-0.4, -0.2) is 56.2 Å². The third kappa shape index (κ3) is 4.51. The van der Waals surface area contributed by atoms with Crippen LogP contribution in [0.15, 0.2) is 0 Å². The van der Waals surface area contributed by atoms with E-state index in [2.05, 4.69) is 10.1 Å². The first-order valence-corrected chi connectivity index (χ1v) is 6.24. The van der Waals surface area contributed by atoms with Crippen molar-refractivity contribution in [3.05, 3.63) is 0 Å². The highest BCUT2D eigenvalue weighted by Crippen LogP contribution is 2.23. The highest BCUT2D eigenvalue weighted by atomic mass is 16.5. The number of imide groups is 1. The van der Waals surface area contributed by atoms with Gasteiger partial charge in [-0.25, -0.2) is 4.79 Å². The lowest BCUT2D eigenvalue weighted by atomic mass is 9.99. The number of carbonyl (C=O) groups excluding carboxylic acids is 3. The first kappa shape index (κ1) is 15.4. The molecule has 7 nitrogen and oxygen atoms in total. The van der Waals surface area contributed by atoms with Crippen LogP contribution in [0.25, 0.3) is 0 Å². The molecule has 1 aliphatic heterocycles. The fourth-order valence-corrected chi connectivity index (χ4v) is 2.18. The summed E-state index contributed by atoms with van der Waals surface area (Å²) in [5.74, 6) is -0.791. The second-order valence-electron chi connectivity index (χ2n) is 4.57. The van der Waals surface area contributed by atoms with Crippen LogP contribution in [0.1, 0.15) is 13.8 Å². The van der Waals surface area contributed by atoms with Gasteiger partial charge in [-0.05, 0) is 12.8 Å². The molecular weight excluding hydrogens is 252 g/mol. The van der Waals surface area contributed by atoms with Gasteiger partial charge < -0.3 is 9.47 Å². The van der Waals surface area contributed by atoms with Crippen molar-refractivity contribution < 1.29 is 23.9 Å². The minimum absolute atomic E-state index is 0.0661. The number of nitrogens with one attached hydrogen (secondary N) is 1. The summed E-state index contributed by atoms with van der Waals surface area (Å²) in [6, 6.07) is 0. The molecule has 1 rings (SSSR count). The Balaban J connectivity index is 2.41. The molecule has 7 heteroatoms. The second-order valence-corrected chi connectivity index (χ2v) is 4.57. The van der Waals surface area contributed by atoms with Crippen LogP contribution in [0, 0.1) is 11.8 Å². The molecule has 0 aromatic carbocycles. The summed E-state index contributed by atoms with van der Waals surface area (Å²) >= 11 is 0. The van der Waals surface area contributed by atoms with Crippen molar-refractivity contribution in [3.8, 4) is 0 Å². The van der Waals surface area contributed by atoms with Gasteiger partial charge in [-0.2, -0.15) is 0 Å². The number of hydrogen-bond donors (Lipinski definition) is 1. The molecule has 2 amide bonds. The third-order valence-electron chi connectivity index (χ3n) is 3.08. The molecule has 1 fully saturated rings. The lowest BCUT2D eigenvalue weighted by Crippen LogP contribution is -2.39. The van der Waals surface area contributed by atoms with Crippen molar-refractivity contribution in [2.24, 2.45) is 11.8 Å². The molecule has 2 atom stereocenters. The van der Waals surface area contributed by atoms with E-state index in [0.29, 0.717) is 13.1 Å². The summed E-state index contributed by atoms with van der Waals surface area (Å²) in [6.07, 6.45) is -0.746. The molecule has 1 saturated heterocycles. The summed E-state index contributed by atoms with van der Waals surface area (Å²) in [5, 5.41) is 2.12. The fraction of sp³-hybridized carbons (Fsp3) is 0.750. The van der Waals surface area contributed by atoms with E-state index in [0.717, 1.165) is 0 Å². The predicted octanol–water partition coefficient (Wildman–Crippen LogP) is 0.00000000000000111. The molecular formula is C12H20N2O5. The van der Waals surface area contributed by atoms with Crippen LogP contribution >= 0.6 is 0 Å². The monoisotopic (exact) mass is 272 g/mol. The Bertz CT molecular complexity index is 358. The molecule has 1 heterocycles. The van der Waals surface area contributed by atoms with E-state index in [4.69, 9.17) is 4.74 Å². The number of alkyl carbamates (subject to hydrolysis) is 1. The standard InChI is InChI=1S/C12H20N2O5/c1-4-19-12(17)13-10(15)7-14-5-8(2)9(6-14)11(16)18-3/h8-9H,4-7H2,1-3H3,(H,13,15,17). The van der Waals surface area contributed by atoms with Gasteiger partial charge in [0.2, 0.25) is 5.91 Å². The largest absolute Gasteiger partial charge is 0.469 e. The molecule has 1 N–H and O–H groups in total. The Morgan fingerprint density at radius 1 is 1.32 bits per heavy atom. The van der Waals surface area contributed by atoms with Crippen LogP contribution in [0.4, 0.5) is 4.79 Å². The number of rotatable bonds is 4. The van der Waals surface area contributed by atoms with E-state index in [1.165, 1.54) is 7.11 Å². The Labute approximate surface area is 112 Å². The van der Waals surface area contributed by atoms with E-state index in [-0.39, 0.29) is 31.0 Å². The van der Waals surface area contributed by atoms with E-state index >= 15 is 0 Å². The summed E-state index contributed by atoms with van der Waals surface area (Å²) in [7, 11) is 1.35. The first-order valence-electron chi connectivity index (χ1n) is 6.24. The second kappa shape index (κ2) is 7.08. The number of nitrogens with zero attached hydrogens (tertiary/aromatic N) is 1. The molecule has 108 valence electrons. The van der Waals surface area contributed by atoms with Gasteiger partial charge in [0.1, 0.15) is 0 Å². The average molecular weight is 272 g/mol. The van der Waals surface area contributed by atoms with Crippen LogP contribution < -0.4 is 5.32 Å². The molecule has 2 unspecified atom stereocenters. The zero-order valence-electron chi connectivity index (χ0n) is 11.5. The molecule has 0 bridgehead atoms. The molecule has 1 aliphatic rings. The maximum Gasteiger partial charge on any atom is 0.413 e. The number of ether oxygens (including phenoxy) is 2. The molecule has 0 spiro atoms. The van der Waals surface area contributed by atoms with Crippen LogP contribution in [0.3, 0.4) is 0 Å². The van der Waals surface area contributed by atoms with E-state index < -0.39 is 12.0 Å². The maximum atomic E-state index is 11.6. The molecule has 19 heavy (non-hydrogen) atoms. The molecule has 0 saturated carbocycles. The number of methoxy groups -OCH3 is 1. The van der Waals surface area contributed by atoms with Gasteiger partial charge in [-0.15, -0.1) is 0 Å². The summed E-state index contributed by atoms with van der Waals surface area (Å²) in [6.45, 7) is 4.96. The van der Waals surface area contributed by atoms with Gasteiger partial charge in [0.25, 0.3) is 0 Å². The van der Waals surface area contributed by atoms with Crippen LogP contribution in [0.2, 0.25) is 0 Å². The summed E-state index contributed by atoms with van der Waals surface area (Å²) in [5.41, 5.74) is 0. The van der Waals surface area contributed by atoms with E-state index in [1.54, 1.807) is 6.92 Å². The predicted molar refractivity (Wildman–Crippen MR) is 66.3 cm³/mol. The first-order chi connectivity index (χ1) is 8.97. The number of amides is 2. The number of hydrogen-bond acceptors (Lipinski definition) is 6. The van der Waals surface area contributed by atoms with E-state index in [9.17, 15) is 14.4 Å². The minimum Gasteiger partial charge on any atom is -0.469 e. The van der Waals surface area contributed by atoms with Crippen molar-refractivity contribution in [2.45, 2.75) is 13.8 Å². The van der Waals surface area contributed by atoms with Gasteiger partial charge in [-0.1, -0.05) is 6.92 Å². The van der Waals surface area contributed by atoms with Crippen molar-refractivity contribution in [1.29, 1.82) is 0 Å². The molecule has 0 aromatic rings. The SMILES string of the molecule is CCOC(=O)NC(=O)CN1CC(C)C(C(=O)OC)C1. The topological polar surface area (TPSA) is 84.9 Å². The van der Waals surface area contributed by atoms with Crippen molar-refractivity contribution >= 4 is 18.0 Å². The maximum absolute atomic E-state index is 11.6. The number of carbonyl (C=O) groups is 3. The lowest BCUT2D eigenvalue weighted by Gasteiger charge is -2.14. The van der Waals surface area contributed by atoms with Crippen molar-refractivity contribution in [1.82, 2.24) is 10.2 Å². The smallest absolute Gasteiger partial charge is 0.413 e. The summed E-state index contributed by atoms with van der Waals surface area (Å²) in [4.78, 5) is 35.9. The number of likely N-dealkylation sites (tertiary alicyclic amines) is 1. The Morgan fingerprint density at radius 3 is 2.58 bits per heavy atom. The number of esters is 1. The zero-order chi connectivity index (χ0) is 14.4. The summed E-state index contributed by atoms with van der Waals surface area (Å²) < 4.78 is 9.33. The van der Waals surface area contributed by atoms with Crippen molar-refractivity contribution in [2.75, 3.05) is 33.4 Å². The molecule has 0 aromatic heterocycles. The Hall–Kier alpha value is -1.63. The van der Waals surface area contributed by atoms with Gasteiger partial charge in [-0.3, -0.25) is 19.8 Å².